The maximum Gasteiger partial charge on any atom is 0.217 e. The first kappa shape index (κ1) is 11.8. The lowest BCUT2D eigenvalue weighted by Crippen LogP contribution is -2.42. The van der Waals surface area contributed by atoms with E-state index in [-0.39, 0.29) is 17.6 Å². The van der Waals surface area contributed by atoms with E-state index in [2.05, 4.69) is 5.32 Å². The fraction of sp³-hybridized carbons (Fsp3) is 0.714. The molecular weight excluding hydrogens is 198 g/mol. The van der Waals surface area contributed by atoms with Crippen LogP contribution < -0.4 is 5.32 Å². The second-order valence-corrected chi connectivity index (χ2v) is 3.49. The Morgan fingerprint density at radius 3 is 2.50 bits per heavy atom. The normalized spacial score (nSPS) is 12.2. The van der Waals surface area contributed by atoms with Gasteiger partial charge in [-0.1, -0.05) is 0 Å². The molecule has 0 rings (SSSR count). The number of Topliss-reactive ketones (excluding diaryl/α,β-unsaturated/α-hetero) is 1. The minimum Gasteiger partial charge on any atom is -0.346 e. The molecule has 0 radical (unpaired) electrons. The summed E-state index contributed by atoms with van der Waals surface area (Å²) in [6, 6.07) is -0.435. The van der Waals surface area contributed by atoms with Crippen molar-refractivity contribution in [2.45, 2.75) is 13.0 Å². The first-order valence-corrected chi connectivity index (χ1v) is 5.39. The predicted molar refractivity (Wildman–Crippen MR) is 51.7 cm³/mol. The van der Waals surface area contributed by atoms with E-state index in [1.165, 1.54) is 18.7 Å². The van der Waals surface area contributed by atoms with Gasteiger partial charge in [0, 0.05) is 12.7 Å². The van der Waals surface area contributed by atoms with Crippen LogP contribution in [0.2, 0.25) is 0 Å². The van der Waals surface area contributed by atoms with Gasteiger partial charge in [0.25, 0.3) is 0 Å². The van der Waals surface area contributed by atoms with Crippen molar-refractivity contribution >= 4 is 35.1 Å². The molecule has 1 N–H and O–H groups in total. The van der Waals surface area contributed by atoms with Crippen molar-refractivity contribution < 1.29 is 9.59 Å². The first-order valence-electron chi connectivity index (χ1n) is 3.46. The Morgan fingerprint density at radius 2 is 2.17 bits per heavy atom. The molecule has 0 spiro atoms. The van der Waals surface area contributed by atoms with Gasteiger partial charge in [-0.3, -0.25) is 9.59 Å². The van der Waals surface area contributed by atoms with E-state index in [9.17, 15) is 9.59 Å². The Labute approximate surface area is 81.2 Å². The number of thioether (sulfide) groups is 1. The lowest BCUT2D eigenvalue weighted by molar-refractivity contribution is -0.124. The quantitative estimate of drug-likeness (QED) is 0.677. The van der Waals surface area contributed by atoms with Gasteiger partial charge in [-0.2, -0.15) is 11.8 Å². The van der Waals surface area contributed by atoms with E-state index in [0.29, 0.717) is 5.75 Å². The zero-order valence-electron chi connectivity index (χ0n) is 7.09. The standard InChI is InChI=1S/C7H12ClNO2S/c1-5(10)9-6(4-12-2)7(11)3-8/h6H,3-4H2,1-2H3,(H,9,10)/t6-/m0/s1. The van der Waals surface area contributed by atoms with Gasteiger partial charge < -0.3 is 5.32 Å². The summed E-state index contributed by atoms with van der Waals surface area (Å²) in [5.74, 6) is 0.185. The third kappa shape index (κ3) is 4.62. The van der Waals surface area contributed by atoms with Crippen LogP contribution in [0.3, 0.4) is 0 Å². The topological polar surface area (TPSA) is 46.2 Å². The zero-order valence-corrected chi connectivity index (χ0v) is 8.67. The van der Waals surface area contributed by atoms with Crippen molar-refractivity contribution in [1.82, 2.24) is 5.32 Å². The maximum atomic E-state index is 11.1. The summed E-state index contributed by atoms with van der Waals surface area (Å²) < 4.78 is 0. The minimum atomic E-state index is -0.435. The largest absolute Gasteiger partial charge is 0.346 e. The number of nitrogens with one attached hydrogen (secondary N) is 1. The molecule has 0 fully saturated rings. The molecule has 70 valence electrons. The summed E-state index contributed by atoms with van der Waals surface area (Å²) in [5.41, 5.74) is 0. The Hall–Kier alpha value is -0.220. The molecule has 1 amide bonds. The summed E-state index contributed by atoms with van der Waals surface area (Å²) in [7, 11) is 0. The van der Waals surface area contributed by atoms with Gasteiger partial charge in [-0.05, 0) is 6.26 Å². The summed E-state index contributed by atoms with van der Waals surface area (Å²) in [6.45, 7) is 1.38. The van der Waals surface area contributed by atoms with Crippen molar-refractivity contribution in [3.8, 4) is 0 Å². The van der Waals surface area contributed by atoms with Crippen LogP contribution in [-0.4, -0.2) is 35.6 Å². The smallest absolute Gasteiger partial charge is 0.217 e. The zero-order chi connectivity index (χ0) is 9.56. The fourth-order valence-electron chi connectivity index (χ4n) is 0.720. The molecule has 0 aromatic heterocycles. The molecule has 0 aromatic carbocycles. The van der Waals surface area contributed by atoms with Crippen molar-refractivity contribution in [3.05, 3.63) is 0 Å². The van der Waals surface area contributed by atoms with E-state index in [1.54, 1.807) is 0 Å². The van der Waals surface area contributed by atoms with Gasteiger partial charge in [0.15, 0.2) is 5.78 Å². The van der Waals surface area contributed by atoms with E-state index >= 15 is 0 Å². The van der Waals surface area contributed by atoms with E-state index in [1.807, 2.05) is 6.26 Å². The van der Waals surface area contributed by atoms with Gasteiger partial charge >= 0.3 is 0 Å². The molecule has 1 atom stereocenters. The minimum absolute atomic E-state index is 0.0501. The van der Waals surface area contributed by atoms with Gasteiger partial charge in [0.05, 0.1) is 11.9 Å². The van der Waals surface area contributed by atoms with E-state index in [0.717, 1.165) is 0 Å². The number of carbonyl (C=O) groups excluding carboxylic acids is 2. The van der Waals surface area contributed by atoms with Crippen LogP contribution in [-0.2, 0) is 9.59 Å². The molecule has 12 heavy (non-hydrogen) atoms. The average molecular weight is 210 g/mol. The first-order chi connectivity index (χ1) is 5.61. The van der Waals surface area contributed by atoms with Crippen molar-refractivity contribution in [2.24, 2.45) is 0 Å². The second kappa shape index (κ2) is 6.31. The molecule has 0 saturated heterocycles. The highest BCUT2D eigenvalue weighted by Crippen LogP contribution is 1.99. The van der Waals surface area contributed by atoms with Gasteiger partial charge in [-0.25, -0.2) is 0 Å². The molecule has 0 heterocycles. The SMILES string of the molecule is CSC[C@H](NC(C)=O)C(=O)CCl. The van der Waals surface area contributed by atoms with Gasteiger partial charge in [0.2, 0.25) is 5.91 Å². The molecule has 0 aliphatic carbocycles. The number of amides is 1. The molecule has 0 saturated carbocycles. The van der Waals surface area contributed by atoms with Crippen LogP contribution >= 0.6 is 23.4 Å². The third-order valence-corrected chi connectivity index (χ3v) is 2.16. The summed E-state index contributed by atoms with van der Waals surface area (Å²) in [5, 5.41) is 2.54. The van der Waals surface area contributed by atoms with Crippen LogP contribution in [0.5, 0.6) is 0 Å². The highest BCUT2D eigenvalue weighted by molar-refractivity contribution is 7.98. The van der Waals surface area contributed by atoms with Crippen LogP contribution in [0.1, 0.15) is 6.92 Å². The Bertz CT molecular complexity index is 175. The van der Waals surface area contributed by atoms with Crippen LogP contribution in [0.4, 0.5) is 0 Å². The molecule has 0 aromatic rings. The maximum absolute atomic E-state index is 11.1. The van der Waals surface area contributed by atoms with E-state index < -0.39 is 6.04 Å². The summed E-state index contributed by atoms with van der Waals surface area (Å²) >= 11 is 6.86. The molecular formula is C7H12ClNO2S. The fourth-order valence-corrected chi connectivity index (χ4v) is 1.51. The molecule has 5 heteroatoms. The molecule has 0 aliphatic heterocycles. The second-order valence-electron chi connectivity index (χ2n) is 2.31. The molecule has 3 nitrogen and oxygen atoms in total. The summed E-state index contributed by atoms with van der Waals surface area (Å²) in [6.07, 6.45) is 1.87. The van der Waals surface area contributed by atoms with E-state index in [4.69, 9.17) is 11.6 Å². The number of hydrogen-bond acceptors (Lipinski definition) is 3. The average Bonchev–Trinajstić information content (AvgIpc) is 2.01. The van der Waals surface area contributed by atoms with Gasteiger partial charge in [0.1, 0.15) is 0 Å². The number of halogens is 1. The number of carbonyl (C=O) groups is 2. The Balaban J connectivity index is 4.02. The highest BCUT2D eigenvalue weighted by Gasteiger charge is 2.16. The highest BCUT2D eigenvalue weighted by atomic mass is 35.5. The van der Waals surface area contributed by atoms with Crippen molar-refractivity contribution in [1.29, 1.82) is 0 Å². The van der Waals surface area contributed by atoms with Crippen LogP contribution in [0.15, 0.2) is 0 Å². The van der Waals surface area contributed by atoms with Crippen molar-refractivity contribution in [3.63, 3.8) is 0 Å². The van der Waals surface area contributed by atoms with Gasteiger partial charge in [-0.15, -0.1) is 11.6 Å². The van der Waals surface area contributed by atoms with Crippen molar-refractivity contribution in [2.75, 3.05) is 17.9 Å². The number of ketones is 1. The van der Waals surface area contributed by atoms with Crippen LogP contribution in [0.25, 0.3) is 0 Å². The Morgan fingerprint density at radius 1 is 1.58 bits per heavy atom. The summed E-state index contributed by atoms with van der Waals surface area (Å²) in [4.78, 5) is 21.7. The molecule has 0 aliphatic rings. The van der Waals surface area contributed by atoms with Crippen LogP contribution in [0, 0.1) is 0 Å². The predicted octanol–water partition coefficient (Wildman–Crippen LogP) is 0.662. The lowest BCUT2D eigenvalue weighted by atomic mass is 10.2. The lowest BCUT2D eigenvalue weighted by Gasteiger charge is -2.13. The molecule has 0 unspecified atom stereocenters. The molecule has 0 bridgehead atoms. The number of hydrogen-bond donors (Lipinski definition) is 1. The Kier molecular flexibility index (Phi) is 6.20. The number of alkyl halides is 1. The number of rotatable bonds is 5. The monoisotopic (exact) mass is 209 g/mol. The third-order valence-electron chi connectivity index (χ3n) is 1.23.